The van der Waals surface area contributed by atoms with Crippen molar-refractivity contribution in [2.45, 2.75) is 0 Å². The first-order valence-corrected chi connectivity index (χ1v) is 7.35. The molecule has 0 spiro atoms. The van der Waals surface area contributed by atoms with E-state index in [1.807, 2.05) is 54.6 Å². The minimum Gasteiger partial charge on any atom is -0.486 e. The Kier molecular flexibility index (Phi) is 3.52. The monoisotopic (exact) mass is 306 g/mol. The number of nitrogens with zero attached hydrogens (tertiary/aromatic N) is 2. The van der Waals surface area contributed by atoms with Gasteiger partial charge in [0.05, 0.1) is 0 Å². The van der Waals surface area contributed by atoms with Crippen molar-refractivity contribution in [1.29, 1.82) is 0 Å². The van der Waals surface area contributed by atoms with Gasteiger partial charge in [0.25, 0.3) is 0 Å². The summed E-state index contributed by atoms with van der Waals surface area (Å²) in [6.07, 6.45) is 3.73. The number of benzene rings is 2. The Morgan fingerprint density at radius 2 is 1.65 bits per heavy atom. The first-order chi connectivity index (χ1) is 11.4. The van der Waals surface area contributed by atoms with Gasteiger partial charge in [0.1, 0.15) is 13.2 Å². The summed E-state index contributed by atoms with van der Waals surface area (Å²) in [6, 6.07) is 15.5. The molecule has 1 aliphatic rings. The number of rotatable bonds is 3. The van der Waals surface area contributed by atoms with E-state index in [1.165, 1.54) is 0 Å². The molecule has 1 aromatic heterocycles. The van der Waals surface area contributed by atoms with Crippen LogP contribution in [0.4, 0.5) is 0 Å². The third-order valence-corrected chi connectivity index (χ3v) is 3.45. The average molecular weight is 306 g/mol. The molecular formula is C18H14N2O3. The summed E-state index contributed by atoms with van der Waals surface area (Å²) in [7, 11) is 0. The predicted molar refractivity (Wildman–Crippen MR) is 86.1 cm³/mol. The largest absolute Gasteiger partial charge is 0.486 e. The van der Waals surface area contributed by atoms with E-state index in [0.29, 0.717) is 30.7 Å². The molecule has 114 valence electrons. The molecule has 0 aliphatic carbocycles. The second kappa shape index (κ2) is 5.96. The summed E-state index contributed by atoms with van der Waals surface area (Å²) in [5, 5.41) is 8.13. The first kappa shape index (κ1) is 13.6. The van der Waals surface area contributed by atoms with E-state index in [2.05, 4.69) is 10.2 Å². The average Bonchev–Trinajstić information content (AvgIpc) is 3.09. The Morgan fingerprint density at radius 3 is 2.52 bits per heavy atom. The number of fused-ring (bicyclic) bond motifs is 1. The number of hydrogen-bond donors (Lipinski definition) is 0. The second-order valence-electron chi connectivity index (χ2n) is 5.05. The molecule has 2 heterocycles. The van der Waals surface area contributed by atoms with Gasteiger partial charge in [-0.15, -0.1) is 10.2 Å². The Bertz CT molecular complexity index is 840. The first-order valence-electron chi connectivity index (χ1n) is 7.35. The molecule has 0 radical (unpaired) electrons. The lowest BCUT2D eigenvalue weighted by molar-refractivity contribution is 0.171. The van der Waals surface area contributed by atoms with Crippen molar-refractivity contribution < 1.29 is 13.9 Å². The Morgan fingerprint density at radius 1 is 0.826 bits per heavy atom. The van der Waals surface area contributed by atoms with E-state index >= 15 is 0 Å². The van der Waals surface area contributed by atoms with Crippen molar-refractivity contribution in [3.8, 4) is 23.0 Å². The summed E-state index contributed by atoms with van der Waals surface area (Å²) in [5.74, 6) is 2.35. The minimum atomic E-state index is 0.453. The van der Waals surface area contributed by atoms with Gasteiger partial charge in [-0.05, 0) is 29.8 Å². The summed E-state index contributed by atoms with van der Waals surface area (Å²) < 4.78 is 16.8. The standard InChI is InChI=1S/C18H14N2O3/c1-2-4-13(5-3-1)6-9-17-19-20-18(23-17)14-7-8-15-16(12-14)22-11-10-21-15/h1-9,12H,10-11H2/b9-6+. The molecule has 1 aliphatic heterocycles. The maximum atomic E-state index is 5.68. The van der Waals surface area contributed by atoms with Crippen molar-refractivity contribution >= 4 is 12.2 Å². The van der Waals surface area contributed by atoms with Crippen LogP contribution in [0.15, 0.2) is 52.9 Å². The number of hydrogen-bond acceptors (Lipinski definition) is 5. The van der Waals surface area contributed by atoms with E-state index in [0.717, 1.165) is 16.9 Å². The highest BCUT2D eigenvalue weighted by Gasteiger charge is 2.15. The topological polar surface area (TPSA) is 57.4 Å². The fourth-order valence-electron chi connectivity index (χ4n) is 2.33. The fourth-order valence-corrected chi connectivity index (χ4v) is 2.33. The molecular weight excluding hydrogens is 292 g/mol. The smallest absolute Gasteiger partial charge is 0.248 e. The molecule has 0 unspecified atom stereocenters. The van der Waals surface area contributed by atoms with E-state index < -0.39 is 0 Å². The van der Waals surface area contributed by atoms with Crippen molar-refractivity contribution in [2.75, 3.05) is 13.2 Å². The van der Waals surface area contributed by atoms with Gasteiger partial charge in [0.2, 0.25) is 11.8 Å². The van der Waals surface area contributed by atoms with Crippen LogP contribution in [-0.2, 0) is 0 Å². The molecule has 0 amide bonds. The van der Waals surface area contributed by atoms with Gasteiger partial charge < -0.3 is 13.9 Å². The molecule has 3 aromatic rings. The molecule has 5 heteroatoms. The summed E-state index contributed by atoms with van der Waals surface area (Å²) >= 11 is 0. The zero-order valence-corrected chi connectivity index (χ0v) is 12.3. The van der Waals surface area contributed by atoms with E-state index in [9.17, 15) is 0 Å². The molecule has 0 atom stereocenters. The van der Waals surface area contributed by atoms with E-state index in [1.54, 1.807) is 6.08 Å². The van der Waals surface area contributed by atoms with Crippen LogP contribution in [0.5, 0.6) is 11.5 Å². The maximum absolute atomic E-state index is 5.68. The van der Waals surface area contributed by atoms with Crippen molar-refractivity contribution in [2.24, 2.45) is 0 Å². The molecule has 5 nitrogen and oxygen atoms in total. The summed E-state index contributed by atoms with van der Waals surface area (Å²) in [4.78, 5) is 0. The van der Waals surface area contributed by atoms with Crippen LogP contribution in [0.25, 0.3) is 23.6 Å². The van der Waals surface area contributed by atoms with Crippen LogP contribution >= 0.6 is 0 Å². The van der Waals surface area contributed by atoms with Gasteiger partial charge in [-0.2, -0.15) is 0 Å². The highest BCUT2D eigenvalue weighted by molar-refractivity contribution is 5.66. The SMILES string of the molecule is C(=C\c1nnc(-c2ccc3c(c2)OCCO3)o1)/c1ccccc1. The zero-order valence-electron chi connectivity index (χ0n) is 12.3. The highest BCUT2D eigenvalue weighted by Crippen LogP contribution is 2.34. The fraction of sp³-hybridized carbons (Fsp3) is 0.111. The van der Waals surface area contributed by atoms with Gasteiger partial charge >= 0.3 is 0 Å². The molecule has 2 aromatic carbocycles. The normalized spacial score (nSPS) is 13.4. The molecule has 4 rings (SSSR count). The van der Waals surface area contributed by atoms with Crippen molar-refractivity contribution in [3.63, 3.8) is 0 Å². The number of aromatic nitrogens is 2. The third kappa shape index (κ3) is 2.94. The molecule has 0 saturated heterocycles. The Labute approximate surface area is 133 Å². The van der Waals surface area contributed by atoms with Crippen LogP contribution in [-0.4, -0.2) is 23.4 Å². The van der Waals surface area contributed by atoms with E-state index in [-0.39, 0.29) is 0 Å². The molecule has 0 saturated carbocycles. The second-order valence-corrected chi connectivity index (χ2v) is 5.05. The predicted octanol–water partition coefficient (Wildman–Crippen LogP) is 3.68. The van der Waals surface area contributed by atoms with Gasteiger partial charge in [-0.25, -0.2) is 0 Å². The van der Waals surface area contributed by atoms with Gasteiger partial charge in [-0.3, -0.25) is 0 Å². The minimum absolute atomic E-state index is 0.453. The Balaban J connectivity index is 1.57. The van der Waals surface area contributed by atoms with Crippen LogP contribution in [0.1, 0.15) is 11.5 Å². The van der Waals surface area contributed by atoms with E-state index in [4.69, 9.17) is 13.9 Å². The molecule has 0 fully saturated rings. The van der Waals surface area contributed by atoms with Gasteiger partial charge in [-0.1, -0.05) is 30.3 Å². The highest BCUT2D eigenvalue weighted by atomic mass is 16.6. The van der Waals surface area contributed by atoms with Gasteiger partial charge in [0, 0.05) is 11.6 Å². The van der Waals surface area contributed by atoms with Gasteiger partial charge in [0.15, 0.2) is 11.5 Å². The number of ether oxygens (including phenoxy) is 2. The molecule has 0 N–H and O–H groups in total. The summed E-state index contributed by atoms with van der Waals surface area (Å²) in [6.45, 7) is 1.12. The van der Waals surface area contributed by atoms with Crippen LogP contribution < -0.4 is 9.47 Å². The Hall–Kier alpha value is -3.08. The lowest BCUT2D eigenvalue weighted by Gasteiger charge is -2.18. The van der Waals surface area contributed by atoms with Crippen LogP contribution in [0.2, 0.25) is 0 Å². The zero-order chi connectivity index (χ0) is 15.5. The van der Waals surface area contributed by atoms with Crippen molar-refractivity contribution in [3.05, 3.63) is 60.0 Å². The van der Waals surface area contributed by atoms with Crippen LogP contribution in [0, 0.1) is 0 Å². The summed E-state index contributed by atoms with van der Waals surface area (Å²) in [5.41, 5.74) is 1.88. The maximum Gasteiger partial charge on any atom is 0.248 e. The van der Waals surface area contributed by atoms with Crippen LogP contribution in [0.3, 0.4) is 0 Å². The molecule has 0 bridgehead atoms. The third-order valence-electron chi connectivity index (χ3n) is 3.45. The lowest BCUT2D eigenvalue weighted by atomic mass is 10.2. The quantitative estimate of drug-likeness (QED) is 0.739. The molecule has 23 heavy (non-hydrogen) atoms. The van der Waals surface area contributed by atoms with Crippen molar-refractivity contribution in [1.82, 2.24) is 10.2 Å². The lowest BCUT2D eigenvalue weighted by Crippen LogP contribution is -2.15.